The zero-order chi connectivity index (χ0) is 15.0. The second-order valence-corrected chi connectivity index (χ2v) is 4.57. The van der Waals surface area contributed by atoms with Gasteiger partial charge in [0.2, 0.25) is 0 Å². The average Bonchev–Trinajstić information content (AvgIpc) is 2.46. The molecule has 1 aromatic heterocycles. The van der Waals surface area contributed by atoms with Crippen LogP contribution in [0.15, 0.2) is 54.7 Å². The van der Waals surface area contributed by atoms with Crippen molar-refractivity contribution in [2.24, 2.45) is 0 Å². The van der Waals surface area contributed by atoms with Gasteiger partial charge in [-0.1, -0.05) is 24.3 Å². The second-order valence-electron chi connectivity index (χ2n) is 4.57. The van der Waals surface area contributed by atoms with Crippen molar-refractivity contribution in [2.75, 3.05) is 0 Å². The number of halogens is 4. The predicted molar refractivity (Wildman–Crippen MR) is 72.1 cm³/mol. The largest absolute Gasteiger partial charge is 0.416 e. The van der Waals surface area contributed by atoms with Gasteiger partial charge in [-0.15, -0.1) is 0 Å². The number of aromatic nitrogens is 1. The van der Waals surface area contributed by atoms with Crippen LogP contribution in [0.5, 0.6) is 0 Å². The third kappa shape index (κ3) is 2.46. The van der Waals surface area contributed by atoms with Crippen LogP contribution in [0.2, 0.25) is 0 Å². The first kappa shape index (κ1) is 13.5. The smallest absolute Gasteiger partial charge is 0.256 e. The molecule has 0 radical (unpaired) electrons. The molecule has 0 bridgehead atoms. The molecule has 0 atom stereocenters. The molecular formula is C16H9F4N. The van der Waals surface area contributed by atoms with Gasteiger partial charge < -0.3 is 0 Å². The monoisotopic (exact) mass is 291 g/mol. The number of benzene rings is 2. The van der Waals surface area contributed by atoms with E-state index in [1.807, 2.05) is 0 Å². The molecular weight excluding hydrogens is 282 g/mol. The molecule has 0 saturated carbocycles. The summed E-state index contributed by atoms with van der Waals surface area (Å²) in [6.07, 6.45) is -2.94. The van der Waals surface area contributed by atoms with Crippen molar-refractivity contribution in [2.45, 2.75) is 6.18 Å². The quantitative estimate of drug-likeness (QED) is 0.571. The van der Waals surface area contributed by atoms with E-state index in [9.17, 15) is 17.6 Å². The lowest BCUT2D eigenvalue weighted by molar-refractivity contribution is -0.137. The van der Waals surface area contributed by atoms with E-state index in [0.717, 1.165) is 12.1 Å². The Morgan fingerprint density at radius 1 is 0.810 bits per heavy atom. The molecule has 3 aromatic rings. The Morgan fingerprint density at radius 3 is 2.19 bits per heavy atom. The molecule has 0 aliphatic rings. The van der Waals surface area contributed by atoms with Crippen LogP contribution >= 0.6 is 0 Å². The maximum atomic E-state index is 13.7. The normalized spacial score (nSPS) is 11.8. The van der Waals surface area contributed by atoms with Gasteiger partial charge in [-0.2, -0.15) is 13.2 Å². The van der Waals surface area contributed by atoms with E-state index in [1.54, 1.807) is 12.1 Å². The van der Waals surface area contributed by atoms with Gasteiger partial charge in [0.1, 0.15) is 5.82 Å². The maximum Gasteiger partial charge on any atom is 0.416 e. The summed E-state index contributed by atoms with van der Waals surface area (Å²) in [6, 6.07) is 10.8. The van der Waals surface area contributed by atoms with Crippen LogP contribution in [-0.4, -0.2) is 4.98 Å². The van der Waals surface area contributed by atoms with E-state index in [2.05, 4.69) is 4.98 Å². The van der Waals surface area contributed by atoms with Crippen molar-refractivity contribution in [3.8, 4) is 11.3 Å². The lowest BCUT2D eigenvalue weighted by atomic mass is 10.0. The van der Waals surface area contributed by atoms with Crippen LogP contribution in [0.3, 0.4) is 0 Å². The third-order valence-electron chi connectivity index (χ3n) is 3.24. The molecule has 0 saturated heterocycles. The Balaban J connectivity index is 2.15. The number of rotatable bonds is 1. The van der Waals surface area contributed by atoms with Crippen LogP contribution in [0.1, 0.15) is 5.56 Å². The van der Waals surface area contributed by atoms with Crippen LogP contribution in [0.25, 0.3) is 22.0 Å². The van der Waals surface area contributed by atoms with Gasteiger partial charge in [-0.3, -0.25) is 4.98 Å². The molecule has 0 N–H and O–H groups in total. The Kier molecular flexibility index (Phi) is 3.12. The molecule has 0 spiro atoms. The fourth-order valence-corrected chi connectivity index (χ4v) is 2.22. The van der Waals surface area contributed by atoms with Gasteiger partial charge >= 0.3 is 6.18 Å². The summed E-state index contributed by atoms with van der Waals surface area (Å²) < 4.78 is 51.4. The molecule has 2 aromatic carbocycles. The van der Waals surface area contributed by atoms with Crippen molar-refractivity contribution >= 4 is 10.8 Å². The number of hydrogen-bond donors (Lipinski definition) is 0. The van der Waals surface area contributed by atoms with Crippen LogP contribution in [0.4, 0.5) is 17.6 Å². The van der Waals surface area contributed by atoms with Gasteiger partial charge in [0.15, 0.2) is 0 Å². The third-order valence-corrected chi connectivity index (χ3v) is 3.24. The van der Waals surface area contributed by atoms with Gasteiger partial charge in [-0.05, 0) is 24.3 Å². The minimum absolute atomic E-state index is 0.386. The first-order valence-electron chi connectivity index (χ1n) is 6.18. The average molecular weight is 291 g/mol. The van der Waals surface area contributed by atoms with Crippen molar-refractivity contribution in [1.82, 2.24) is 4.98 Å². The zero-order valence-corrected chi connectivity index (χ0v) is 10.7. The highest BCUT2D eigenvalue weighted by atomic mass is 19.4. The minimum atomic E-state index is -4.38. The van der Waals surface area contributed by atoms with E-state index >= 15 is 0 Å². The molecule has 5 heteroatoms. The molecule has 1 heterocycles. The lowest BCUT2D eigenvalue weighted by Crippen LogP contribution is -2.04. The summed E-state index contributed by atoms with van der Waals surface area (Å²) in [5.74, 6) is -0.386. The summed E-state index contributed by atoms with van der Waals surface area (Å²) in [5, 5.41) is 0.958. The van der Waals surface area contributed by atoms with Gasteiger partial charge in [-0.25, -0.2) is 4.39 Å². The molecule has 0 unspecified atom stereocenters. The predicted octanol–water partition coefficient (Wildman–Crippen LogP) is 5.06. The van der Waals surface area contributed by atoms with Gasteiger partial charge in [0.05, 0.1) is 11.3 Å². The highest BCUT2D eigenvalue weighted by Crippen LogP contribution is 2.32. The number of fused-ring (bicyclic) bond motifs is 1. The fraction of sp³-hybridized carbons (Fsp3) is 0.0625. The zero-order valence-electron chi connectivity index (χ0n) is 10.7. The van der Waals surface area contributed by atoms with Crippen molar-refractivity contribution < 1.29 is 17.6 Å². The first-order valence-corrected chi connectivity index (χ1v) is 6.18. The summed E-state index contributed by atoms with van der Waals surface area (Å²) in [5.41, 5.74) is 0.248. The molecule has 106 valence electrons. The van der Waals surface area contributed by atoms with E-state index < -0.39 is 11.7 Å². The summed E-state index contributed by atoms with van der Waals surface area (Å²) >= 11 is 0. The van der Waals surface area contributed by atoms with Crippen molar-refractivity contribution in [3.63, 3.8) is 0 Å². The fourth-order valence-electron chi connectivity index (χ4n) is 2.22. The van der Waals surface area contributed by atoms with Crippen molar-refractivity contribution in [3.05, 3.63) is 66.1 Å². The Morgan fingerprint density at radius 2 is 1.52 bits per heavy atom. The van der Waals surface area contributed by atoms with Crippen LogP contribution in [0, 0.1) is 5.82 Å². The molecule has 21 heavy (non-hydrogen) atoms. The second kappa shape index (κ2) is 4.84. The molecule has 3 rings (SSSR count). The standard InChI is InChI=1S/C16H9F4N/c17-14-3-1-2-13-12(14)8-9-21-15(13)10-4-6-11(7-5-10)16(18,19)20/h1-9H. The topological polar surface area (TPSA) is 12.9 Å². The van der Waals surface area contributed by atoms with Gasteiger partial charge in [0, 0.05) is 22.5 Å². The highest BCUT2D eigenvalue weighted by molar-refractivity contribution is 5.94. The van der Waals surface area contributed by atoms with E-state index in [-0.39, 0.29) is 5.82 Å². The number of hydrogen-bond acceptors (Lipinski definition) is 1. The molecule has 0 aliphatic heterocycles. The Hall–Kier alpha value is -2.43. The Labute approximate surface area is 117 Å². The van der Waals surface area contributed by atoms with Gasteiger partial charge in [0.25, 0.3) is 0 Å². The number of nitrogens with zero attached hydrogens (tertiary/aromatic N) is 1. The summed E-state index contributed by atoms with van der Waals surface area (Å²) in [7, 11) is 0. The van der Waals surface area contributed by atoms with E-state index in [1.165, 1.54) is 30.5 Å². The highest BCUT2D eigenvalue weighted by Gasteiger charge is 2.30. The number of alkyl halides is 3. The molecule has 1 nitrogen and oxygen atoms in total. The SMILES string of the molecule is Fc1cccc2c(-c3ccc(C(F)(F)F)cc3)nccc12. The molecule has 0 amide bonds. The lowest BCUT2D eigenvalue weighted by Gasteiger charge is -2.09. The van der Waals surface area contributed by atoms with Crippen LogP contribution in [-0.2, 0) is 6.18 Å². The first-order chi connectivity index (χ1) is 9.97. The summed E-state index contributed by atoms with van der Waals surface area (Å²) in [4.78, 5) is 4.16. The van der Waals surface area contributed by atoms with E-state index in [4.69, 9.17) is 0 Å². The maximum absolute atomic E-state index is 13.7. The minimum Gasteiger partial charge on any atom is -0.256 e. The number of pyridine rings is 1. The van der Waals surface area contributed by atoms with Crippen molar-refractivity contribution in [1.29, 1.82) is 0 Å². The molecule has 0 aliphatic carbocycles. The molecule has 0 fully saturated rings. The Bertz CT molecular complexity index is 791. The van der Waals surface area contributed by atoms with E-state index in [0.29, 0.717) is 22.0 Å². The van der Waals surface area contributed by atoms with Crippen LogP contribution < -0.4 is 0 Å². The summed E-state index contributed by atoms with van der Waals surface area (Å²) in [6.45, 7) is 0.